The van der Waals surface area contributed by atoms with E-state index in [2.05, 4.69) is 4.72 Å². The molecule has 0 atom stereocenters. The molecule has 1 amide bonds. The highest BCUT2D eigenvalue weighted by Crippen LogP contribution is 2.19. The van der Waals surface area contributed by atoms with Crippen LogP contribution in [0.25, 0.3) is 0 Å². The van der Waals surface area contributed by atoms with Crippen molar-refractivity contribution in [1.82, 2.24) is 9.62 Å². The van der Waals surface area contributed by atoms with Crippen LogP contribution in [0.5, 0.6) is 0 Å². The fraction of sp³-hybridized carbons (Fsp3) is 0.533. The quantitative estimate of drug-likeness (QED) is 0.917. The molecule has 0 unspecified atom stereocenters. The number of rotatable bonds is 4. The average Bonchev–Trinajstić information content (AvgIpc) is 2.46. The molecule has 0 spiro atoms. The van der Waals surface area contributed by atoms with E-state index in [1.165, 1.54) is 12.1 Å². The zero-order valence-corrected chi connectivity index (χ0v) is 13.6. The minimum absolute atomic E-state index is 0.0932. The molecule has 5 nitrogen and oxygen atoms in total. The number of hydrogen-bond donors (Lipinski definition) is 1. The van der Waals surface area contributed by atoms with Crippen molar-refractivity contribution >= 4 is 15.9 Å². The van der Waals surface area contributed by atoms with Gasteiger partial charge >= 0.3 is 0 Å². The second-order valence-electron chi connectivity index (χ2n) is 5.54. The maximum atomic E-state index is 13.1. The Kier molecular flexibility index (Phi) is 5.18. The molecule has 0 aromatic heterocycles. The topological polar surface area (TPSA) is 66.5 Å². The molecule has 22 heavy (non-hydrogen) atoms. The predicted octanol–water partition coefficient (Wildman–Crippen LogP) is 1.81. The number of likely N-dealkylation sites (tertiary alicyclic amines) is 1. The zero-order chi connectivity index (χ0) is 16.3. The number of hydrogen-bond acceptors (Lipinski definition) is 3. The van der Waals surface area contributed by atoms with Gasteiger partial charge in [0.25, 0.3) is 0 Å². The van der Waals surface area contributed by atoms with Crippen molar-refractivity contribution in [2.45, 2.75) is 44.0 Å². The van der Waals surface area contributed by atoms with Crippen molar-refractivity contribution in [3.8, 4) is 0 Å². The van der Waals surface area contributed by atoms with Crippen molar-refractivity contribution in [3.05, 3.63) is 29.6 Å². The first-order valence-electron chi connectivity index (χ1n) is 7.39. The molecule has 2 rings (SSSR count). The largest absolute Gasteiger partial charge is 0.343 e. The van der Waals surface area contributed by atoms with E-state index < -0.39 is 15.8 Å². The van der Waals surface area contributed by atoms with Gasteiger partial charge in [-0.25, -0.2) is 17.5 Å². The number of benzene rings is 1. The molecule has 1 N–H and O–H groups in total. The number of carbonyl (C=O) groups excluding carboxylic acids is 1. The minimum atomic E-state index is -3.67. The van der Waals surface area contributed by atoms with E-state index in [1.54, 1.807) is 11.8 Å². The SMILES string of the molecule is CCC(=O)N1CCC(NS(=O)(=O)c2ccc(F)cc2C)CC1. The van der Waals surface area contributed by atoms with Gasteiger partial charge in [-0.15, -0.1) is 0 Å². The fourth-order valence-corrected chi connectivity index (χ4v) is 4.20. The highest BCUT2D eigenvalue weighted by Gasteiger charge is 2.26. The Morgan fingerprint density at radius 1 is 1.36 bits per heavy atom. The van der Waals surface area contributed by atoms with E-state index in [9.17, 15) is 17.6 Å². The van der Waals surface area contributed by atoms with Crippen LogP contribution in [0.1, 0.15) is 31.7 Å². The highest BCUT2D eigenvalue weighted by molar-refractivity contribution is 7.89. The first-order chi connectivity index (χ1) is 10.3. The number of aryl methyl sites for hydroxylation is 1. The summed E-state index contributed by atoms with van der Waals surface area (Å²) < 4.78 is 40.5. The molecule has 0 aliphatic carbocycles. The van der Waals surface area contributed by atoms with E-state index in [4.69, 9.17) is 0 Å². The van der Waals surface area contributed by atoms with E-state index in [-0.39, 0.29) is 16.8 Å². The first-order valence-corrected chi connectivity index (χ1v) is 8.88. The van der Waals surface area contributed by atoms with Crippen LogP contribution in [0.15, 0.2) is 23.1 Å². The molecule has 1 aromatic carbocycles. The smallest absolute Gasteiger partial charge is 0.241 e. The number of halogens is 1. The molecule has 0 bridgehead atoms. The van der Waals surface area contributed by atoms with Crippen molar-refractivity contribution in [1.29, 1.82) is 0 Å². The summed E-state index contributed by atoms with van der Waals surface area (Å²) in [4.78, 5) is 13.5. The second kappa shape index (κ2) is 6.75. The number of carbonyl (C=O) groups is 1. The molecular weight excluding hydrogens is 307 g/mol. The van der Waals surface area contributed by atoms with Gasteiger partial charge in [-0.2, -0.15) is 0 Å². The maximum absolute atomic E-state index is 13.1. The normalized spacial score (nSPS) is 16.8. The molecule has 1 heterocycles. The second-order valence-corrected chi connectivity index (χ2v) is 7.22. The number of nitrogens with one attached hydrogen (secondary N) is 1. The van der Waals surface area contributed by atoms with Crippen LogP contribution in [0.3, 0.4) is 0 Å². The summed E-state index contributed by atoms with van der Waals surface area (Å²) >= 11 is 0. The van der Waals surface area contributed by atoms with E-state index in [0.29, 0.717) is 37.9 Å². The van der Waals surface area contributed by atoms with Crippen LogP contribution in [0.2, 0.25) is 0 Å². The third-order valence-electron chi connectivity index (χ3n) is 3.90. The van der Waals surface area contributed by atoms with Gasteiger partial charge < -0.3 is 4.90 Å². The number of piperidine rings is 1. The third kappa shape index (κ3) is 3.84. The standard InChI is InChI=1S/C15H21FN2O3S/c1-3-15(19)18-8-6-13(7-9-18)17-22(20,21)14-5-4-12(16)10-11(14)2/h4-5,10,13,17H,3,6-9H2,1-2H3. The Morgan fingerprint density at radius 3 is 2.55 bits per heavy atom. The Bertz CT molecular complexity index is 653. The summed E-state index contributed by atoms with van der Waals surface area (Å²) in [6.45, 7) is 4.50. The van der Waals surface area contributed by atoms with E-state index in [0.717, 1.165) is 6.07 Å². The summed E-state index contributed by atoms with van der Waals surface area (Å²) in [5.74, 6) is -0.362. The Balaban J connectivity index is 2.03. The van der Waals surface area contributed by atoms with Gasteiger partial charge in [0, 0.05) is 25.6 Å². The summed E-state index contributed by atoms with van der Waals surface area (Å²) in [6.07, 6.45) is 1.64. The van der Waals surface area contributed by atoms with Gasteiger partial charge in [-0.1, -0.05) is 6.92 Å². The predicted molar refractivity (Wildman–Crippen MR) is 81.4 cm³/mol. The lowest BCUT2D eigenvalue weighted by Crippen LogP contribution is -2.46. The van der Waals surface area contributed by atoms with Crippen molar-refractivity contribution in [2.24, 2.45) is 0 Å². The molecule has 122 valence electrons. The van der Waals surface area contributed by atoms with Gasteiger partial charge in [0.1, 0.15) is 5.82 Å². The molecule has 1 saturated heterocycles. The highest BCUT2D eigenvalue weighted by atomic mass is 32.2. The van der Waals surface area contributed by atoms with Crippen LogP contribution < -0.4 is 4.72 Å². The van der Waals surface area contributed by atoms with Crippen molar-refractivity contribution < 1.29 is 17.6 Å². The van der Waals surface area contributed by atoms with Gasteiger partial charge in [0.2, 0.25) is 15.9 Å². The van der Waals surface area contributed by atoms with Gasteiger partial charge in [0.15, 0.2) is 0 Å². The average molecular weight is 328 g/mol. The first kappa shape index (κ1) is 16.9. The van der Waals surface area contributed by atoms with Crippen LogP contribution in [-0.2, 0) is 14.8 Å². The molecular formula is C15H21FN2O3S. The molecule has 7 heteroatoms. The molecule has 1 aliphatic heterocycles. The molecule has 0 saturated carbocycles. The number of nitrogens with zero attached hydrogens (tertiary/aromatic N) is 1. The Hall–Kier alpha value is -1.47. The van der Waals surface area contributed by atoms with Gasteiger partial charge in [0.05, 0.1) is 4.90 Å². The number of amides is 1. The lowest BCUT2D eigenvalue weighted by Gasteiger charge is -2.32. The third-order valence-corrected chi connectivity index (χ3v) is 5.58. The van der Waals surface area contributed by atoms with Crippen LogP contribution >= 0.6 is 0 Å². The summed E-state index contributed by atoms with van der Waals surface area (Å²) in [7, 11) is -3.67. The summed E-state index contributed by atoms with van der Waals surface area (Å²) in [5.41, 5.74) is 0.381. The van der Waals surface area contributed by atoms with Crippen LogP contribution in [-0.4, -0.2) is 38.4 Å². The summed E-state index contributed by atoms with van der Waals surface area (Å²) in [6, 6.07) is 3.43. The molecule has 1 aromatic rings. The molecule has 1 aliphatic rings. The monoisotopic (exact) mass is 328 g/mol. The van der Waals surface area contributed by atoms with Gasteiger partial charge in [-0.3, -0.25) is 4.79 Å². The molecule has 0 radical (unpaired) electrons. The lowest BCUT2D eigenvalue weighted by atomic mass is 10.1. The van der Waals surface area contributed by atoms with E-state index >= 15 is 0 Å². The number of sulfonamides is 1. The van der Waals surface area contributed by atoms with Gasteiger partial charge in [-0.05, 0) is 43.5 Å². The van der Waals surface area contributed by atoms with E-state index in [1.807, 2.05) is 6.92 Å². The Labute approximate surface area is 130 Å². The molecule has 1 fully saturated rings. The van der Waals surface area contributed by atoms with Crippen molar-refractivity contribution in [2.75, 3.05) is 13.1 Å². The maximum Gasteiger partial charge on any atom is 0.241 e. The van der Waals surface area contributed by atoms with Crippen molar-refractivity contribution in [3.63, 3.8) is 0 Å². The zero-order valence-electron chi connectivity index (χ0n) is 12.8. The van der Waals surface area contributed by atoms with Crippen LogP contribution in [0, 0.1) is 12.7 Å². The minimum Gasteiger partial charge on any atom is -0.343 e. The lowest BCUT2D eigenvalue weighted by molar-refractivity contribution is -0.131. The summed E-state index contributed by atoms with van der Waals surface area (Å²) in [5, 5.41) is 0. The fourth-order valence-electron chi connectivity index (χ4n) is 2.67. The van der Waals surface area contributed by atoms with Crippen LogP contribution in [0.4, 0.5) is 4.39 Å². The Morgan fingerprint density at radius 2 is 2.00 bits per heavy atom.